The maximum absolute atomic E-state index is 12.2. The zero-order chi connectivity index (χ0) is 20.2. The van der Waals surface area contributed by atoms with E-state index in [0.29, 0.717) is 19.0 Å². The maximum atomic E-state index is 12.2. The predicted octanol–water partition coefficient (Wildman–Crippen LogP) is 4.52. The molecule has 0 fully saturated rings. The monoisotopic (exact) mass is 385 g/mol. The van der Waals surface area contributed by atoms with E-state index < -0.39 is 6.09 Å². The van der Waals surface area contributed by atoms with E-state index in [-0.39, 0.29) is 5.92 Å². The normalized spacial score (nSPS) is 12.6. The van der Waals surface area contributed by atoms with E-state index in [9.17, 15) is 4.79 Å². The fraction of sp³-hybridized carbons (Fsp3) is 0.167. The number of carbonyl (C=O) groups excluding carboxylic acids is 1. The molecule has 0 saturated heterocycles. The third kappa shape index (κ3) is 3.99. The van der Waals surface area contributed by atoms with Gasteiger partial charge in [0.25, 0.3) is 0 Å². The van der Waals surface area contributed by atoms with Crippen molar-refractivity contribution in [2.45, 2.75) is 12.8 Å². The first kappa shape index (κ1) is 18.7. The minimum Gasteiger partial charge on any atom is -0.449 e. The van der Waals surface area contributed by atoms with Crippen molar-refractivity contribution in [1.82, 2.24) is 10.3 Å². The topological polar surface area (TPSA) is 77.2 Å². The Morgan fingerprint density at radius 3 is 2.38 bits per heavy atom. The van der Waals surface area contributed by atoms with Crippen molar-refractivity contribution in [1.29, 1.82) is 0 Å². The van der Waals surface area contributed by atoms with Crippen LogP contribution in [0.15, 0.2) is 66.7 Å². The molecule has 1 aliphatic rings. The number of ether oxygens (including phenoxy) is 1. The highest BCUT2D eigenvalue weighted by atomic mass is 16.5. The number of alkyl carbamates (subject to hydrolysis) is 1. The lowest BCUT2D eigenvalue weighted by Gasteiger charge is -2.14. The summed E-state index contributed by atoms with van der Waals surface area (Å²) in [6.45, 7) is 2.58. The van der Waals surface area contributed by atoms with E-state index in [1.54, 1.807) is 6.07 Å². The summed E-state index contributed by atoms with van der Waals surface area (Å²) < 4.78 is 5.52. The van der Waals surface area contributed by atoms with Crippen LogP contribution in [0.25, 0.3) is 17.2 Å². The molecule has 5 heteroatoms. The molecule has 5 nitrogen and oxygen atoms in total. The summed E-state index contributed by atoms with van der Waals surface area (Å²) in [6, 6.07) is 20.2. The van der Waals surface area contributed by atoms with Crippen molar-refractivity contribution in [2.75, 3.05) is 18.9 Å². The molecule has 4 rings (SSSR count). The van der Waals surface area contributed by atoms with Crippen molar-refractivity contribution >= 4 is 18.0 Å². The molecule has 0 bridgehead atoms. The Bertz CT molecular complexity index is 1030. The van der Waals surface area contributed by atoms with Gasteiger partial charge in [0.2, 0.25) is 0 Å². The fourth-order valence-electron chi connectivity index (χ4n) is 3.74. The van der Waals surface area contributed by atoms with Crippen LogP contribution in [0, 0.1) is 6.92 Å². The molecule has 0 aliphatic heterocycles. The zero-order valence-corrected chi connectivity index (χ0v) is 16.3. The second kappa shape index (κ2) is 8.19. The van der Waals surface area contributed by atoms with Crippen LogP contribution in [-0.4, -0.2) is 24.2 Å². The number of aryl methyl sites for hydroxylation is 1. The number of nitrogens with two attached hydrogens (primary N) is 1. The Balaban J connectivity index is 1.34. The first-order valence-electron chi connectivity index (χ1n) is 9.62. The molecule has 1 heterocycles. The van der Waals surface area contributed by atoms with Crippen LogP contribution < -0.4 is 11.1 Å². The molecule has 0 atom stereocenters. The van der Waals surface area contributed by atoms with Crippen LogP contribution in [0.5, 0.6) is 0 Å². The summed E-state index contributed by atoms with van der Waals surface area (Å²) in [5.41, 5.74) is 12.3. The number of hydrogen-bond donors (Lipinski definition) is 2. The average Bonchev–Trinajstić information content (AvgIpc) is 3.05. The number of amides is 1. The minimum absolute atomic E-state index is 0.0622. The molecule has 3 aromatic rings. The van der Waals surface area contributed by atoms with Crippen LogP contribution >= 0.6 is 0 Å². The molecule has 2 aromatic carbocycles. The van der Waals surface area contributed by atoms with Crippen LogP contribution in [-0.2, 0) is 4.74 Å². The Kier molecular flexibility index (Phi) is 5.29. The van der Waals surface area contributed by atoms with Crippen molar-refractivity contribution in [2.24, 2.45) is 0 Å². The van der Waals surface area contributed by atoms with Gasteiger partial charge in [-0.25, -0.2) is 9.78 Å². The number of pyridine rings is 1. The molecule has 0 radical (unpaired) electrons. The van der Waals surface area contributed by atoms with Gasteiger partial charge in [0.1, 0.15) is 12.4 Å². The number of nitrogens with zero attached hydrogens (tertiary/aromatic N) is 1. The first-order chi connectivity index (χ1) is 14.1. The smallest absolute Gasteiger partial charge is 0.407 e. The number of nitrogen functional groups attached to an aromatic ring is 1. The first-order valence-corrected chi connectivity index (χ1v) is 9.62. The Hall–Kier alpha value is -3.60. The largest absolute Gasteiger partial charge is 0.449 e. The molecular formula is C24H23N3O2. The Morgan fingerprint density at radius 1 is 1.07 bits per heavy atom. The van der Waals surface area contributed by atoms with Gasteiger partial charge in [0.15, 0.2) is 0 Å². The van der Waals surface area contributed by atoms with Gasteiger partial charge in [-0.2, -0.15) is 0 Å². The quantitative estimate of drug-likeness (QED) is 0.677. The highest BCUT2D eigenvalue weighted by Crippen LogP contribution is 2.44. The van der Waals surface area contributed by atoms with Gasteiger partial charge in [0, 0.05) is 18.2 Å². The summed E-state index contributed by atoms with van der Waals surface area (Å²) >= 11 is 0. The van der Waals surface area contributed by atoms with Gasteiger partial charge >= 0.3 is 6.09 Å². The van der Waals surface area contributed by atoms with E-state index in [1.165, 1.54) is 22.3 Å². The summed E-state index contributed by atoms with van der Waals surface area (Å²) in [5, 5.41) is 2.76. The fourth-order valence-corrected chi connectivity index (χ4v) is 3.74. The second-order valence-electron chi connectivity index (χ2n) is 7.02. The van der Waals surface area contributed by atoms with Crippen LogP contribution in [0.2, 0.25) is 0 Å². The average molecular weight is 385 g/mol. The third-order valence-electron chi connectivity index (χ3n) is 5.15. The number of nitrogens with one attached hydrogen (secondary N) is 1. The van der Waals surface area contributed by atoms with E-state index in [2.05, 4.69) is 34.6 Å². The minimum atomic E-state index is -0.427. The zero-order valence-electron chi connectivity index (χ0n) is 16.3. The van der Waals surface area contributed by atoms with Crippen LogP contribution in [0.1, 0.15) is 28.3 Å². The van der Waals surface area contributed by atoms with Crippen molar-refractivity contribution in [3.63, 3.8) is 0 Å². The van der Waals surface area contributed by atoms with E-state index in [1.807, 2.05) is 49.4 Å². The third-order valence-corrected chi connectivity index (χ3v) is 5.15. The number of rotatable bonds is 5. The van der Waals surface area contributed by atoms with Gasteiger partial charge < -0.3 is 15.8 Å². The summed E-state index contributed by atoms with van der Waals surface area (Å²) in [6.07, 6.45) is 3.34. The Labute approximate surface area is 170 Å². The summed E-state index contributed by atoms with van der Waals surface area (Å²) in [4.78, 5) is 16.4. The van der Waals surface area contributed by atoms with Gasteiger partial charge in [-0.05, 0) is 46.9 Å². The Morgan fingerprint density at radius 2 is 1.72 bits per heavy atom. The number of benzene rings is 2. The van der Waals surface area contributed by atoms with E-state index >= 15 is 0 Å². The number of hydrogen-bond acceptors (Lipinski definition) is 4. The van der Waals surface area contributed by atoms with Gasteiger partial charge in [-0.15, -0.1) is 0 Å². The molecule has 29 heavy (non-hydrogen) atoms. The highest BCUT2D eigenvalue weighted by molar-refractivity contribution is 5.79. The lowest BCUT2D eigenvalue weighted by molar-refractivity contribution is 0.144. The van der Waals surface area contributed by atoms with Crippen molar-refractivity contribution in [3.05, 3.63) is 89.1 Å². The standard InChI is InChI=1S/C24H23N3O2/c1-16-17(12-13-23(25)27-16)7-6-14-26-24(28)29-15-22-20-10-4-2-8-18(20)19-9-3-5-11-21(19)22/h2-13,22H,14-15H2,1H3,(H2,25,27)(H,26,28). The molecule has 1 aromatic heterocycles. The molecular weight excluding hydrogens is 362 g/mol. The number of aromatic nitrogens is 1. The molecule has 0 unspecified atom stereocenters. The molecule has 0 saturated carbocycles. The lowest BCUT2D eigenvalue weighted by Crippen LogP contribution is -2.26. The predicted molar refractivity (Wildman–Crippen MR) is 115 cm³/mol. The second-order valence-corrected chi connectivity index (χ2v) is 7.02. The summed E-state index contributed by atoms with van der Waals surface area (Å²) in [5.74, 6) is 0.559. The number of fused-ring (bicyclic) bond motifs is 3. The van der Waals surface area contributed by atoms with Crippen LogP contribution in [0.3, 0.4) is 0 Å². The van der Waals surface area contributed by atoms with E-state index in [0.717, 1.165) is 11.3 Å². The molecule has 1 amide bonds. The SMILES string of the molecule is Cc1nc(N)ccc1C=CCNC(=O)OCC1c2ccccc2-c2ccccc21. The van der Waals surface area contributed by atoms with Crippen molar-refractivity contribution < 1.29 is 9.53 Å². The molecule has 146 valence electrons. The molecule has 3 N–H and O–H groups in total. The van der Waals surface area contributed by atoms with Gasteiger partial charge in [0.05, 0.1) is 0 Å². The lowest BCUT2D eigenvalue weighted by atomic mass is 9.98. The highest BCUT2D eigenvalue weighted by Gasteiger charge is 2.28. The number of carbonyl (C=O) groups is 1. The molecule has 1 aliphatic carbocycles. The van der Waals surface area contributed by atoms with E-state index in [4.69, 9.17) is 10.5 Å². The van der Waals surface area contributed by atoms with Gasteiger partial charge in [-0.1, -0.05) is 60.7 Å². The van der Waals surface area contributed by atoms with Gasteiger partial charge in [-0.3, -0.25) is 0 Å². The number of anilines is 1. The summed E-state index contributed by atoms with van der Waals surface area (Å²) in [7, 11) is 0. The molecule has 0 spiro atoms. The maximum Gasteiger partial charge on any atom is 0.407 e. The van der Waals surface area contributed by atoms with Crippen molar-refractivity contribution in [3.8, 4) is 11.1 Å². The van der Waals surface area contributed by atoms with Crippen LogP contribution in [0.4, 0.5) is 10.6 Å².